The lowest BCUT2D eigenvalue weighted by atomic mass is 10.1. The number of aliphatic carboxylic acids is 1. The molecule has 98 valence electrons. The lowest BCUT2D eigenvalue weighted by Gasteiger charge is -2.23. The van der Waals surface area contributed by atoms with Gasteiger partial charge >= 0.3 is 5.97 Å². The summed E-state index contributed by atoms with van der Waals surface area (Å²) >= 11 is 0. The summed E-state index contributed by atoms with van der Waals surface area (Å²) in [6, 6.07) is 0. The van der Waals surface area contributed by atoms with Gasteiger partial charge in [0.25, 0.3) is 0 Å². The van der Waals surface area contributed by atoms with Gasteiger partial charge in [0.05, 0.1) is 11.6 Å². The van der Waals surface area contributed by atoms with Crippen LogP contribution in [0.1, 0.15) is 26.7 Å². The summed E-state index contributed by atoms with van der Waals surface area (Å²) in [5.41, 5.74) is -0.634. The summed E-state index contributed by atoms with van der Waals surface area (Å²) in [5, 5.41) is 14.4. The Morgan fingerprint density at radius 3 is 2.53 bits per heavy atom. The van der Waals surface area contributed by atoms with E-state index in [0.29, 0.717) is 19.4 Å². The van der Waals surface area contributed by atoms with Crippen LogP contribution in [0.5, 0.6) is 0 Å². The molecule has 3 N–H and O–H groups in total. The largest absolute Gasteiger partial charge is 0.479 e. The third-order valence-electron chi connectivity index (χ3n) is 3.07. The molecule has 1 aliphatic heterocycles. The van der Waals surface area contributed by atoms with Crippen molar-refractivity contribution in [2.24, 2.45) is 0 Å². The van der Waals surface area contributed by atoms with Gasteiger partial charge in [-0.15, -0.1) is 0 Å². The minimum Gasteiger partial charge on any atom is -0.479 e. The van der Waals surface area contributed by atoms with E-state index in [1.54, 1.807) is 20.9 Å². The van der Waals surface area contributed by atoms with E-state index >= 15 is 0 Å². The average Bonchev–Trinajstić information content (AvgIpc) is 2.74. The zero-order valence-corrected chi connectivity index (χ0v) is 10.4. The summed E-state index contributed by atoms with van der Waals surface area (Å²) in [5.74, 6) is -1.06. The number of carboxylic acids is 1. The fourth-order valence-electron chi connectivity index (χ4n) is 1.58. The van der Waals surface area contributed by atoms with Gasteiger partial charge in [-0.25, -0.2) is 4.79 Å². The number of carbonyl (C=O) groups is 2. The van der Waals surface area contributed by atoms with Crippen LogP contribution in [0.15, 0.2) is 0 Å². The maximum absolute atomic E-state index is 11.7. The van der Waals surface area contributed by atoms with Crippen molar-refractivity contribution in [2.45, 2.75) is 44.4 Å². The molecule has 1 aliphatic rings. The van der Waals surface area contributed by atoms with Gasteiger partial charge in [0.15, 0.2) is 6.10 Å². The predicted octanol–water partition coefficient (Wildman–Crippen LogP) is -0.267. The first-order valence-electron chi connectivity index (χ1n) is 5.72. The van der Waals surface area contributed by atoms with Crippen LogP contribution in [0.3, 0.4) is 0 Å². The van der Waals surface area contributed by atoms with Gasteiger partial charge in [-0.3, -0.25) is 4.79 Å². The standard InChI is InChI=1S/C11H20N2O4/c1-11(2,12-3)10(16)13-6-7-4-5-8(17-7)9(14)15/h7-8,12H,4-6H2,1-3H3,(H,13,16)(H,14,15). The minimum atomic E-state index is -0.936. The molecule has 0 saturated carbocycles. The van der Waals surface area contributed by atoms with Crippen molar-refractivity contribution < 1.29 is 19.4 Å². The quantitative estimate of drug-likeness (QED) is 0.620. The van der Waals surface area contributed by atoms with Gasteiger partial charge in [0.2, 0.25) is 5.91 Å². The molecule has 2 unspecified atom stereocenters. The van der Waals surface area contributed by atoms with Gasteiger partial charge in [0, 0.05) is 6.54 Å². The van der Waals surface area contributed by atoms with Crippen molar-refractivity contribution in [3.05, 3.63) is 0 Å². The summed E-state index contributed by atoms with van der Waals surface area (Å²) in [6.45, 7) is 3.91. The highest BCUT2D eigenvalue weighted by Crippen LogP contribution is 2.19. The lowest BCUT2D eigenvalue weighted by Crippen LogP contribution is -2.52. The van der Waals surface area contributed by atoms with Crippen molar-refractivity contribution in [2.75, 3.05) is 13.6 Å². The van der Waals surface area contributed by atoms with Crippen molar-refractivity contribution in [3.8, 4) is 0 Å². The van der Waals surface area contributed by atoms with E-state index in [2.05, 4.69) is 10.6 Å². The first kappa shape index (κ1) is 13.9. The van der Waals surface area contributed by atoms with Crippen LogP contribution < -0.4 is 10.6 Å². The fourth-order valence-corrected chi connectivity index (χ4v) is 1.58. The zero-order chi connectivity index (χ0) is 13.1. The first-order valence-corrected chi connectivity index (χ1v) is 5.72. The van der Waals surface area contributed by atoms with E-state index in [1.165, 1.54) is 0 Å². The Morgan fingerprint density at radius 1 is 1.41 bits per heavy atom. The molecule has 0 spiro atoms. The summed E-state index contributed by atoms with van der Waals surface area (Å²) < 4.78 is 5.28. The molecular weight excluding hydrogens is 224 g/mol. The van der Waals surface area contributed by atoms with Crippen LogP contribution in [0.2, 0.25) is 0 Å². The average molecular weight is 244 g/mol. The van der Waals surface area contributed by atoms with Crippen molar-refractivity contribution >= 4 is 11.9 Å². The molecule has 0 aromatic rings. The van der Waals surface area contributed by atoms with Gasteiger partial charge in [-0.1, -0.05) is 0 Å². The Morgan fingerprint density at radius 2 is 2.06 bits per heavy atom. The Hall–Kier alpha value is -1.14. The number of rotatable bonds is 5. The van der Waals surface area contributed by atoms with Crippen LogP contribution >= 0.6 is 0 Å². The maximum atomic E-state index is 11.7. The normalized spacial score (nSPS) is 24.6. The number of hydrogen-bond donors (Lipinski definition) is 3. The summed E-state index contributed by atoms with van der Waals surface area (Å²) in [7, 11) is 1.71. The summed E-state index contributed by atoms with van der Waals surface area (Å²) in [6.07, 6.45) is 0.240. The number of amides is 1. The van der Waals surface area contributed by atoms with Gasteiger partial charge < -0.3 is 20.5 Å². The summed E-state index contributed by atoms with van der Waals surface area (Å²) in [4.78, 5) is 22.4. The molecule has 0 aliphatic carbocycles. The second kappa shape index (κ2) is 5.46. The number of carboxylic acid groups (broad SMARTS) is 1. The van der Waals surface area contributed by atoms with E-state index in [0.717, 1.165) is 0 Å². The molecule has 1 fully saturated rings. The van der Waals surface area contributed by atoms with Gasteiger partial charge in [-0.05, 0) is 33.7 Å². The van der Waals surface area contributed by atoms with E-state index < -0.39 is 17.6 Å². The Balaban J connectivity index is 2.33. The molecule has 6 nitrogen and oxygen atoms in total. The second-order valence-electron chi connectivity index (χ2n) is 4.75. The van der Waals surface area contributed by atoms with Gasteiger partial charge in [0.1, 0.15) is 0 Å². The SMILES string of the molecule is CNC(C)(C)C(=O)NCC1CCC(C(=O)O)O1. The molecule has 1 rings (SSSR count). The highest BCUT2D eigenvalue weighted by Gasteiger charge is 2.32. The highest BCUT2D eigenvalue weighted by atomic mass is 16.5. The topological polar surface area (TPSA) is 87.7 Å². The Labute approximate surface area is 101 Å². The van der Waals surface area contributed by atoms with Crippen LogP contribution in [-0.4, -0.2) is 48.3 Å². The predicted molar refractivity (Wildman–Crippen MR) is 61.7 cm³/mol. The molecule has 0 aromatic carbocycles. The van der Waals surface area contributed by atoms with Gasteiger partial charge in [-0.2, -0.15) is 0 Å². The number of ether oxygens (including phenoxy) is 1. The monoisotopic (exact) mass is 244 g/mol. The van der Waals surface area contributed by atoms with E-state index in [1.807, 2.05) is 0 Å². The smallest absolute Gasteiger partial charge is 0.332 e. The highest BCUT2D eigenvalue weighted by molar-refractivity contribution is 5.85. The van der Waals surface area contributed by atoms with Crippen LogP contribution in [0.4, 0.5) is 0 Å². The van der Waals surface area contributed by atoms with E-state index in [4.69, 9.17) is 9.84 Å². The molecule has 0 aromatic heterocycles. The molecule has 0 bridgehead atoms. The molecule has 6 heteroatoms. The zero-order valence-electron chi connectivity index (χ0n) is 10.4. The second-order valence-corrected chi connectivity index (χ2v) is 4.75. The molecule has 2 atom stereocenters. The number of likely N-dealkylation sites (N-methyl/N-ethyl adjacent to an activating group) is 1. The minimum absolute atomic E-state index is 0.123. The van der Waals surface area contributed by atoms with Crippen molar-refractivity contribution in [1.82, 2.24) is 10.6 Å². The van der Waals surface area contributed by atoms with Crippen LogP contribution in [0, 0.1) is 0 Å². The number of hydrogen-bond acceptors (Lipinski definition) is 4. The third kappa shape index (κ3) is 3.67. The first-order chi connectivity index (χ1) is 7.86. The van der Waals surface area contributed by atoms with Crippen LogP contribution in [0.25, 0.3) is 0 Å². The lowest BCUT2D eigenvalue weighted by molar-refractivity contribution is -0.149. The van der Waals surface area contributed by atoms with E-state index in [9.17, 15) is 9.59 Å². The molecular formula is C11H20N2O4. The van der Waals surface area contributed by atoms with Crippen molar-refractivity contribution in [1.29, 1.82) is 0 Å². The fraction of sp³-hybridized carbons (Fsp3) is 0.818. The Kier molecular flexibility index (Phi) is 4.47. The molecule has 1 amide bonds. The molecule has 17 heavy (non-hydrogen) atoms. The molecule has 1 heterocycles. The number of nitrogens with one attached hydrogen (secondary N) is 2. The molecule has 0 radical (unpaired) electrons. The van der Waals surface area contributed by atoms with Crippen LogP contribution in [-0.2, 0) is 14.3 Å². The Bertz CT molecular complexity index is 304. The van der Waals surface area contributed by atoms with Crippen molar-refractivity contribution in [3.63, 3.8) is 0 Å². The third-order valence-corrected chi connectivity index (χ3v) is 3.07. The van der Waals surface area contributed by atoms with E-state index in [-0.39, 0.29) is 12.0 Å². The number of carbonyl (C=O) groups excluding carboxylic acids is 1. The molecule has 1 saturated heterocycles. The maximum Gasteiger partial charge on any atom is 0.332 e.